The summed E-state index contributed by atoms with van der Waals surface area (Å²) < 4.78 is 59.9. The molecule has 1 fully saturated rings. The van der Waals surface area contributed by atoms with Gasteiger partial charge in [0.1, 0.15) is 5.75 Å². The van der Waals surface area contributed by atoms with Crippen LogP contribution in [0, 0.1) is 5.92 Å². The number of anilines is 1. The zero-order valence-corrected chi connectivity index (χ0v) is 22.6. The standard InChI is InChI=1S/C25H35N3O6S2/c1-19(2)27-36(32,33)22-11-12-24(34-3)23(18-22)26-25(29)21-13-15-28(16-14-21)35(30,31)17-7-10-20-8-5-4-6-9-20/h4-6,8-9,11-12,18-19,21,27H,7,10,13-17H2,1-3H3,(H,26,29). The molecule has 1 saturated heterocycles. The van der Waals surface area contributed by atoms with Crippen molar-refractivity contribution in [3.05, 3.63) is 54.1 Å². The van der Waals surface area contributed by atoms with Gasteiger partial charge >= 0.3 is 0 Å². The van der Waals surface area contributed by atoms with Gasteiger partial charge in [0.05, 0.1) is 23.4 Å². The molecule has 11 heteroatoms. The number of benzene rings is 2. The van der Waals surface area contributed by atoms with E-state index in [1.54, 1.807) is 13.8 Å². The molecule has 1 aliphatic heterocycles. The van der Waals surface area contributed by atoms with Crippen LogP contribution in [0.15, 0.2) is 53.4 Å². The van der Waals surface area contributed by atoms with Gasteiger partial charge in [0, 0.05) is 25.0 Å². The Bertz CT molecular complexity index is 1240. The van der Waals surface area contributed by atoms with E-state index < -0.39 is 20.0 Å². The van der Waals surface area contributed by atoms with Gasteiger partial charge in [-0.2, -0.15) is 0 Å². The fraction of sp³-hybridized carbons (Fsp3) is 0.480. The van der Waals surface area contributed by atoms with Gasteiger partial charge in [-0.05, 0) is 63.3 Å². The Morgan fingerprint density at radius 3 is 2.33 bits per heavy atom. The molecular formula is C25H35N3O6S2. The predicted octanol–water partition coefficient (Wildman–Crippen LogP) is 3.00. The summed E-state index contributed by atoms with van der Waals surface area (Å²) >= 11 is 0. The Balaban J connectivity index is 1.58. The van der Waals surface area contributed by atoms with Crippen molar-refractivity contribution >= 4 is 31.6 Å². The van der Waals surface area contributed by atoms with Gasteiger partial charge in [0.25, 0.3) is 0 Å². The monoisotopic (exact) mass is 537 g/mol. The van der Waals surface area contributed by atoms with Gasteiger partial charge in [-0.25, -0.2) is 25.9 Å². The normalized spacial score (nSPS) is 15.7. The number of methoxy groups -OCH3 is 1. The molecule has 0 saturated carbocycles. The molecule has 9 nitrogen and oxygen atoms in total. The molecule has 1 heterocycles. The van der Waals surface area contributed by atoms with Crippen molar-refractivity contribution in [1.29, 1.82) is 0 Å². The molecule has 0 aromatic heterocycles. The van der Waals surface area contributed by atoms with Crippen LogP contribution in [0.2, 0.25) is 0 Å². The number of nitrogens with one attached hydrogen (secondary N) is 2. The van der Waals surface area contributed by atoms with E-state index in [4.69, 9.17) is 4.74 Å². The first-order valence-electron chi connectivity index (χ1n) is 12.0. The molecule has 0 radical (unpaired) electrons. The minimum atomic E-state index is -3.75. The van der Waals surface area contributed by atoms with Gasteiger partial charge in [-0.1, -0.05) is 30.3 Å². The van der Waals surface area contributed by atoms with Crippen LogP contribution in [0.5, 0.6) is 5.75 Å². The number of nitrogens with zero attached hydrogens (tertiary/aromatic N) is 1. The van der Waals surface area contributed by atoms with Gasteiger partial charge in [-0.3, -0.25) is 4.79 Å². The molecule has 0 unspecified atom stereocenters. The molecular weight excluding hydrogens is 502 g/mol. The zero-order chi connectivity index (χ0) is 26.3. The molecule has 36 heavy (non-hydrogen) atoms. The summed E-state index contributed by atoms with van der Waals surface area (Å²) in [5, 5.41) is 2.78. The molecule has 2 aromatic rings. The number of carbonyl (C=O) groups is 1. The molecule has 0 atom stereocenters. The fourth-order valence-electron chi connectivity index (χ4n) is 4.19. The summed E-state index contributed by atoms with van der Waals surface area (Å²) in [4.78, 5) is 13.0. The molecule has 0 aliphatic carbocycles. The summed E-state index contributed by atoms with van der Waals surface area (Å²) in [5.41, 5.74) is 1.36. The highest BCUT2D eigenvalue weighted by atomic mass is 32.2. The molecule has 0 bridgehead atoms. The van der Waals surface area contributed by atoms with Crippen molar-refractivity contribution in [2.75, 3.05) is 31.3 Å². The maximum Gasteiger partial charge on any atom is 0.240 e. The van der Waals surface area contributed by atoms with Crippen molar-refractivity contribution in [1.82, 2.24) is 9.03 Å². The van der Waals surface area contributed by atoms with Crippen LogP contribution < -0.4 is 14.8 Å². The SMILES string of the molecule is COc1ccc(S(=O)(=O)NC(C)C)cc1NC(=O)C1CCN(S(=O)(=O)CCCc2ccccc2)CC1. The first-order valence-corrected chi connectivity index (χ1v) is 15.1. The topological polar surface area (TPSA) is 122 Å². The Morgan fingerprint density at radius 2 is 1.72 bits per heavy atom. The van der Waals surface area contributed by atoms with E-state index in [1.807, 2.05) is 30.3 Å². The predicted molar refractivity (Wildman–Crippen MR) is 140 cm³/mol. The third kappa shape index (κ3) is 7.52. The highest BCUT2D eigenvalue weighted by Crippen LogP contribution is 2.29. The first kappa shape index (κ1) is 28.1. The van der Waals surface area contributed by atoms with Crippen LogP contribution in [0.25, 0.3) is 0 Å². The van der Waals surface area contributed by atoms with Crippen molar-refractivity contribution in [3.8, 4) is 5.75 Å². The first-order chi connectivity index (χ1) is 17.0. The molecule has 2 N–H and O–H groups in total. The van der Waals surface area contributed by atoms with E-state index in [1.165, 1.54) is 29.6 Å². The Kier molecular flexibility index (Phi) is 9.51. The van der Waals surface area contributed by atoms with Crippen molar-refractivity contribution < 1.29 is 26.4 Å². The van der Waals surface area contributed by atoms with Gasteiger partial charge in [0.15, 0.2) is 0 Å². The zero-order valence-electron chi connectivity index (χ0n) is 20.9. The molecule has 198 valence electrons. The van der Waals surface area contributed by atoms with Crippen LogP contribution in [-0.2, 0) is 31.3 Å². The summed E-state index contributed by atoms with van der Waals surface area (Å²) in [6.45, 7) is 3.99. The summed E-state index contributed by atoms with van der Waals surface area (Å²) in [6.07, 6.45) is 2.01. The van der Waals surface area contributed by atoms with Crippen molar-refractivity contribution in [2.45, 2.75) is 50.5 Å². The number of hydrogen-bond donors (Lipinski definition) is 2. The minimum absolute atomic E-state index is 0.0173. The number of hydrogen-bond acceptors (Lipinski definition) is 6. The van der Waals surface area contributed by atoms with E-state index in [9.17, 15) is 21.6 Å². The average molecular weight is 538 g/mol. The Labute approximate surface area is 214 Å². The quantitative estimate of drug-likeness (QED) is 0.455. The van der Waals surface area contributed by atoms with Crippen LogP contribution in [-0.4, -0.2) is 59.0 Å². The second kappa shape index (κ2) is 12.2. The number of aryl methyl sites for hydroxylation is 1. The van der Waals surface area contributed by atoms with Crippen LogP contribution in [0.1, 0.15) is 38.7 Å². The van der Waals surface area contributed by atoms with E-state index >= 15 is 0 Å². The number of sulfonamides is 2. The number of piperidine rings is 1. The summed E-state index contributed by atoms with van der Waals surface area (Å²) in [7, 11) is -5.71. The fourth-order valence-corrected chi connectivity index (χ4v) is 7.01. The molecule has 2 aromatic carbocycles. The minimum Gasteiger partial charge on any atom is -0.495 e. The maximum atomic E-state index is 13.0. The smallest absolute Gasteiger partial charge is 0.240 e. The van der Waals surface area contributed by atoms with Gasteiger partial charge < -0.3 is 10.1 Å². The summed E-state index contributed by atoms with van der Waals surface area (Å²) in [6, 6.07) is 13.8. The lowest BCUT2D eigenvalue weighted by atomic mass is 9.97. The average Bonchev–Trinajstić information content (AvgIpc) is 2.84. The van der Waals surface area contributed by atoms with Crippen molar-refractivity contribution in [3.63, 3.8) is 0 Å². The highest BCUT2D eigenvalue weighted by Gasteiger charge is 2.31. The molecule has 1 aliphatic rings. The van der Waals surface area contributed by atoms with Gasteiger partial charge in [0.2, 0.25) is 26.0 Å². The van der Waals surface area contributed by atoms with Gasteiger partial charge in [-0.15, -0.1) is 0 Å². The van der Waals surface area contributed by atoms with Crippen LogP contribution in [0.3, 0.4) is 0 Å². The van der Waals surface area contributed by atoms with E-state index in [0.29, 0.717) is 31.4 Å². The third-order valence-electron chi connectivity index (χ3n) is 6.06. The lowest BCUT2D eigenvalue weighted by Crippen LogP contribution is -2.42. The number of rotatable bonds is 11. The Hall–Kier alpha value is -2.47. The highest BCUT2D eigenvalue weighted by molar-refractivity contribution is 7.89. The molecule has 0 spiro atoms. The number of amides is 1. The summed E-state index contributed by atoms with van der Waals surface area (Å²) in [5.74, 6) is -0.271. The van der Waals surface area contributed by atoms with Crippen LogP contribution in [0.4, 0.5) is 5.69 Å². The largest absolute Gasteiger partial charge is 0.495 e. The number of carbonyl (C=O) groups excluding carboxylic acids is 1. The Morgan fingerprint density at radius 1 is 1.06 bits per heavy atom. The molecule has 3 rings (SSSR count). The second-order valence-electron chi connectivity index (χ2n) is 9.21. The van der Waals surface area contributed by atoms with Crippen molar-refractivity contribution in [2.24, 2.45) is 5.92 Å². The lowest BCUT2D eigenvalue weighted by Gasteiger charge is -2.30. The molecule has 1 amide bonds. The van der Waals surface area contributed by atoms with E-state index in [-0.39, 0.29) is 47.3 Å². The van der Waals surface area contributed by atoms with E-state index in [2.05, 4.69) is 10.0 Å². The lowest BCUT2D eigenvalue weighted by molar-refractivity contribution is -0.120. The van der Waals surface area contributed by atoms with E-state index in [0.717, 1.165) is 5.56 Å². The van der Waals surface area contributed by atoms with Crippen LogP contribution >= 0.6 is 0 Å². The maximum absolute atomic E-state index is 13.0. The number of ether oxygens (including phenoxy) is 1. The second-order valence-corrected chi connectivity index (χ2v) is 13.0. The third-order valence-corrected chi connectivity index (χ3v) is 9.67.